The normalized spacial score (nSPS) is 18.8. The summed E-state index contributed by atoms with van der Waals surface area (Å²) in [6.45, 7) is -0.771. The van der Waals surface area contributed by atoms with Crippen LogP contribution in [0.4, 0.5) is 22.0 Å². The molecule has 1 saturated heterocycles. The number of carbonyl (C=O) groups excluding carboxylic acids is 2. The van der Waals surface area contributed by atoms with Gasteiger partial charge in [0.25, 0.3) is 0 Å². The average Bonchev–Trinajstić information content (AvgIpc) is 2.16. The minimum Gasteiger partial charge on any atom is -0.336 e. The molecule has 0 spiro atoms. The third-order valence-corrected chi connectivity index (χ3v) is 2.23. The van der Waals surface area contributed by atoms with Gasteiger partial charge in [0.15, 0.2) is 0 Å². The van der Waals surface area contributed by atoms with E-state index < -0.39 is 18.0 Å². The van der Waals surface area contributed by atoms with Gasteiger partial charge in [-0.2, -0.15) is 22.0 Å². The van der Waals surface area contributed by atoms with Crippen molar-refractivity contribution in [3.8, 4) is 0 Å². The Labute approximate surface area is 87.2 Å². The maximum absolute atomic E-state index is 12.6. The second-order valence-electron chi connectivity index (χ2n) is 3.40. The van der Waals surface area contributed by atoms with Crippen molar-refractivity contribution in [3.63, 3.8) is 0 Å². The van der Waals surface area contributed by atoms with Crippen LogP contribution in [0.2, 0.25) is 0 Å². The van der Waals surface area contributed by atoms with Crippen molar-refractivity contribution in [1.29, 1.82) is 0 Å². The first-order chi connectivity index (χ1) is 7.16. The highest BCUT2D eigenvalue weighted by molar-refractivity contribution is 5.87. The molecule has 3 nitrogen and oxygen atoms in total. The van der Waals surface area contributed by atoms with Crippen molar-refractivity contribution in [2.75, 3.05) is 13.1 Å². The molecule has 16 heavy (non-hydrogen) atoms. The van der Waals surface area contributed by atoms with Crippen molar-refractivity contribution in [2.45, 2.75) is 24.9 Å². The molecule has 0 unspecified atom stereocenters. The van der Waals surface area contributed by atoms with Crippen LogP contribution in [0.5, 0.6) is 0 Å². The van der Waals surface area contributed by atoms with Crippen LogP contribution < -0.4 is 0 Å². The standard InChI is InChI=1S/C8H8F5NO2/c9-7(10,8(11,12)13)6(16)14-3-1-5(15)2-4-14/h1-4H2. The van der Waals surface area contributed by atoms with Crippen molar-refractivity contribution in [2.24, 2.45) is 0 Å². The van der Waals surface area contributed by atoms with Gasteiger partial charge in [-0.05, 0) is 0 Å². The van der Waals surface area contributed by atoms with E-state index >= 15 is 0 Å². The predicted octanol–water partition coefficient (Wildman–Crippen LogP) is 1.38. The summed E-state index contributed by atoms with van der Waals surface area (Å²) in [5, 5.41) is 0. The lowest BCUT2D eigenvalue weighted by Crippen LogP contribution is -2.54. The van der Waals surface area contributed by atoms with Crippen LogP contribution in [0.1, 0.15) is 12.8 Å². The van der Waals surface area contributed by atoms with Crippen LogP contribution in [0.3, 0.4) is 0 Å². The number of hydrogen-bond acceptors (Lipinski definition) is 2. The number of hydrogen-bond donors (Lipinski definition) is 0. The second kappa shape index (κ2) is 3.99. The summed E-state index contributed by atoms with van der Waals surface area (Å²) in [7, 11) is 0. The van der Waals surface area contributed by atoms with Gasteiger partial charge in [0, 0.05) is 25.9 Å². The van der Waals surface area contributed by atoms with Crippen molar-refractivity contribution >= 4 is 11.7 Å². The van der Waals surface area contributed by atoms with E-state index in [0.717, 1.165) is 0 Å². The lowest BCUT2D eigenvalue weighted by atomic mass is 10.1. The molecule has 0 radical (unpaired) electrons. The summed E-state index contributed by atoms with van der Waals surface area (Å²) in [6, 6.07) is 0. The Kier molecular flexibility index (Phi) is 3.20. The summed E-state index contributed by atoms with van der Waals surface area (Å²) in [6.07, 6.45) is -6.26. The molecule has 0 aromatic carbocycles. The van der Waals surface area contributed by atoms with Gasteiger partial charge in [0.2, 0.25) is 0 Å². The van der Waals surface area contributed by atoms with E-state index in [4.69, 9.17) is 0 Å². The Morgan fingerprint density at radius 1 is 1.06 bits per heavy atom. The highest BCUT2D eigenvalue weighted by Crippen LogP contribution is 2.37. The fourth-order valence-corrected chi connectivity index (χ4v) is 1.28. The molecule has 1 heterocycles. The number of halogens is 5. The maximum Gasteiger partial charge on any atom is 0.463 e. The molecule has 1 fully saturated rings. The van der Waals surface area contributed by atoms with Crippen LogP contribution in [0, 0.1) is 0 Å². The van der Waals surface area contributed by atoms with Gasteiger partial charge in [0.05, 0.1) is 0 Å². The molecule has 1 aliphatic rings. The van der Waals surface area contributed by atoms with E-state index in [1.54, 1.807) is 0 Å². The highest BCUT2D eigenvalue weighted by atomic mass is 19.4. The molecule has 0 N–H and O–H groups in total. The van der Waals surface area contributed by atoms with Crippen LogP contribution in [0.15, 0.2) is 0 Å². The fourth-order valence-electron chi connectivity index (χ4n) is 1.28. The topological polar surface area (TPSA) is 37.4 Å². The van der Waals surface area contributed by atoms with E-state index in [1.807, 2.05) is 0 Å². The molecular formula is C8H8F5NO2. The van der Waals surface area contributed by atoms with E-state index in [0.29, 0.717) is 4.90 Å². The van der Waals surface area contributed by atoms with Gasteiger partial charge in [0.1, 0.15) is 5.78 Å². The first kappa shape index (κ1) is 12.9. The number of likely N-dealkylation sites (tertiary alicyclic amines) is 1. The Balaban J connectivity index is 2.75. The minimum absolute atomic E-state index is 0.181. The van der Waals surface area contributed by atoms with Crippen LogP contribution in [-0.2, 0) is 9.59 Å². The Bertz CT molecular complexity index is 302. The van der Waals surface area contributed by atoms with E-state index in [1.165, 1.54) is 0 Å². The van der Waals surface area contributed by atoms with Gasteiger partial charge in [-0.3, -0.25) is 9.59 Å². The molecular weight excluding hydrogens is 237 g/mol. The van der Waals surface area contributed by atoms with Crippen LogP contribution in [0.25, 0.3) is 0 Å². The summed E-state index contributed by atoms with van der Waals surface area (Å²) in [4.78, 5) is 22.0. The monoisotopic (exact) mass is 245 g/mol. The Hall–Kier alpha value is -1.21. The average molecular weight is 245 g/mol. The second-order valence-corrected chi connectivity index (χ2v) is 3.40. The molecule has 0 saturated carbocycles. The lowest BCUT2D eigenvalue weighted by molar-refractivity contribution is -0.274. The third-order valence-electron chi connectivity index (χ3n) is 2.23. The Morgan fingerprint density at radius 2 is 1.50 bits per heavy atom. The third kappa shape index (κ3) is 2.30. The number of piperidine rings is 1. The molecule has 0 bridgehead atoms. The summed E-state index contributed by atoms with van der Waals surface area (Å²) < 4.78 is 60.8. The number of carbonyl (C=O) groups is 2. The number of alkyl halides is 5. The van der Waals surface area contributed by atoms with Crippen molar-refractivity contribution in [1.82, 2.24) is 4.90 Å². The summed E-state index contributed by atoms with van der Waals surface area (Å²) in [5.74, 6) is -7.92. The molecule has 0 aromatic heterocycles. The zero-order valence-electron chi connectivity index (χ0n) is 7.98. The number of Topliss-reactive ketones (excluding diaryl/α,β-unsaturated/α-hetero) is 1. The van der Waals surface area contributed by atoms with Crippen molar-refractivity contribution in [3.05, 3.63) is 0 Å². The summed E-state index contributed by atoms with van der Waals surface area (Å²) >= 11 is 0. The lowest BCUT2D eigenvalue weighted by Gasteiger charge is -2.30. The van der Waals surface area contributed by atoms with E-state index in [-0.39, 0.29) is 31.7 Å². The summed E-state index contributed by atoms with van der Waals surface area (Å²) in [5.41, 5.74) is 0. The quantitative estimate of drug-likeness (QED) is 0.654. The molecule has 0 aromatic rings. The maximum atomic E-state index is 12.6. The van der Waals surface area contributed by atoms with Crippen LogP contribution >= 0.6 is 0 Å². The van der Waals surface area contributed by atoms with E-state index in [9.17, 15) is 31.5 Å². The van der Waals surface area contributed by atoms with Gasteiger partial charge in [-0.1, -0.05) is 0 Å². The van der Waals surface area contributed by atoms with Gasteiger partial charge in [-0.25, -0.2) is 0 Å². The molecule has 1 amide bonds. The molecule has 1 rings (SSSR count). The number of nitrogens with zero attached hydrogens (tertiary/aromatic N) is 1. The fraction of sp³-hybridized carbons (Fsp3) is 0.750. The first-order valence-electron chi connectivity index (χ1n) is 4.42. The largest absolute Gasteiger partial charge is 0.463 e. The van der Waals surface area contributed by atoms with Gasteiger partial charge in [-0.15, -0.1) is 0 Å². The predicted molar refractivity (Wildman–Crippen MR) is 41.8 cm³/mol. The number of ketones is 1. The van der Waals surface area contributed by atoms with Crippen molar-refractivity contribution < 1.29 is 31.5 Å². The molecule has 8 heteroatoms. The van der Waals surface area contributed by atoms with E-state index in [2.05, 4.69) is 0 Å². The molecule has 0 aliphatic carbocycles. The Morgan fingerprint density at radius 3 is 1.88 bits per heavy atom. The minimum atomic E-state index is -5.90. The molecule has 92 valence electrons. The zero-order chi connectivity index (χ0) is 12.6. The molecule has 0 atom stereocenters. The number of amides is 1. The number of rotatable bonds is 1. The first-order valence-corrected chi connectivity index (χ1v) is 4.42. The van der Waals surface area contributed by atoms with Gasteiger partial charge >= 0.3 is 18.0 Å². The zero-order valence-corrected chi connectivity index (χ0v) is 7.98. The van der Waals surface area contributed by atoms with Crippen LogP contribution in [-0.4, -0.2) is 41.8 Å². The molecule has 1 aliphatic heterocycles. The van der Waals surface area contributed by atoms with Gasteiger partial charge < -0.3 is 4.90 Å². The highest BCUT2D eigenvalue weighted by Gasteiger charge is 2.64. The smallest absolute Gasteiger partial charge is 0.336 e. The SMILES string of the molecule is O=C1CCN(C(=O)C(F)(F)C(F)(F)F)CC1.